The van der Waals surface area contributed by atoms with Crippen LogP contribution in [0.15, 0.2) is 85.3 Å². The monoisotopic (exact) mass is 481 g/mol. The number of carbonyl (C=O) groups is 2. The smallest absolute Gasteiger partial charge is 0.420 e. The maximum absolute atomic E-state index is 12.8. The van der Waals surface area contributed by atoms with E-state index in [0.717, 1.165) is 27.5 Å². The first-order valence-corrected chi connectivity index (χ1v) is 11.7. The van der Waals surface area contributed by atoms with E-state index in [-0.39, 0.29) is 6.03 Å². The number of nitrogens with zero attached hydrogens (tertiary/aromatic N) is 3. The van der Waals surface area contributed by atoms with Gasteiger partial charge in [-0.1, -0.05) is 24.3 Å². The summed E-state index contributed by atoms with van der Waals surface area (Å²) in [6, 6.07) is 20.5. The molecule has 8 heteroatoms. The van der Waals surface area contributed by atoms with Gasteiger partial charge in [0, 0.05) is 41.6 Å². The Kier molecular flexibility index (Phi) is 5.93. The summed E-state index contributed by atoms with van der Waals surface area (Å²) in [6.45, 7) is 6.02. The van der Waals surface area contributed by atoms with Crippen LogP contribution in [0.5, 0.6) is 0 Å². The highest BCUT2D eigenvalue weighted by molar-refractivity contribution is 6.05. The highest BCUT2D eigenvalue weighted by Gasteiger charge is 2.21. The molecule has 0 spiro atoms. The van der Waals surface area contributed by atoms with Crippen LogP contribution in [0.3, 0.4) is 0 Å². The molecule has 0 fully saturated rings. The Morgan fingerprint density at radius 1 is 0.917 bits per heavy atom. The van der Waals surface area contributed by atoms with Crippen LogP contribution < -0.4 is 10.6 Å². The van der Waals surface area contributed by atoms with E-state index < -0.39 is 11.7 Å². The predicted molar refractivity (Wildman–Crippen MR) is 141 cm³/mol. The van der Waals surface area contributed by atoms with E-state index in [1.165, 1.54) is 4.57 Å². The summed E-state index contributed by atoms with van der Waals surface area (Å²) in [5, 5.41) is 7.57. The molecule has 182 valence electrons. The van der Waals surface area contributed by atoms with Crippen molar-refractivity contribution in [2.75, 3.05) is 10.6 Å². The van der Waals surface area contributed by atoms with E-state index in [1.807, 2.05) is 93.7 Å². The molecule has 5 aromatic rings. The van der Waals surface area contributed by atoms with Gasteiger partial charge in [0.05, 0.1) is 11.2 Å². The lowest BCUT2D eigenvalue weighted by molar-refractivity contribution is 0.0543. The number of hydrogen-bond acceptors (Lipinski definition) is 4. The lowest BCUT2D eigenvalue weighted by atomic mass is 10.2. The van der Waals surface area contributed by atoms with Crippen LogP contribution in [0.2, 0.25) is 0 Å². The number of urea groups is 1. The molecule has 8 nitrogen and oxygen atoms in total. The van der Waals surface area contributed by atoms with Crippen molar-refractivity contribution in [1.29, 1.82) is 0 Å². The minimum absolute atomic E-state index is 0.312. The fraction of sp³-hybridized carbons (Fsp3) is 0.179. The zero-order valence-electron chi connectivity index (χ0n) is 20.4. The van der Waals surface area contributed by atoms with Gasteiger partial charge in [-0.05, 0) is 68.8 Å². The number of carbonyl (C=O) groups excluding carboxylic acids is 2. The first-order valence-electron chi connectivity index (χ1n) is 11.7. The van der Waals surface area contributed by atoms with Crippen molar-refractivity contribution in [3.05, 3.63) is 90.9 Å². The summed E-state index contributed by atoms with van der Waals surface area (Å²) in [5.41, 5.74) is 3.25. The van der Waals surface area contributed by atoms with Crippen LogP contribution in [0, 0.1) is 0 Å². The van der Waals surface area contributed by atoms with Crippen LogP contribution in [-0.2, 0) is 11.3 Å². The van der Waals surface area contributed by atoms with Gasteiger partial charge in [0.1, 0.15) is 11.2 Å². The Morgan fingerprint density at radius 3 is 2.50 bits per heavy atom. The molecule has 0 aliphatic carbocycles. The topological polar surface area (TPSA) is 90.2 Å². The van der Waals surface area contributed by atoms with E-state index in [0.29, 0.717) is 17.9 Å². The predicted octanol–water partition coefficient (Wildman–Crippen LogP) is 6.47. The van der Waals surface area contributed by atoms with Gasteiger partial charge in [-0.15, -0.1) is 0 Å². The average Bonchev–Trinajstić information content (AvgIpc) is 3.42. The molecular weight excluding hydrogens is 454 g/mol. The Morgan fingerprint density at radius 2 is 1.72 bits per heavy atom. The highest BCUT2D eigenvalue weighted by Crippen LogP contribution is 2.28. The fourth-order valence-electron chi connectivity index (χ4n) is 4.16. The number of fused-ring (bicyclic) bond motifs is 2. The van der Waals surface area contributed by atoms with Gasteiger partial charge in [0.25, 0.3) is 0 Å². The van der Waals surface area contributed by atoms with E-state index in [4.69, 9.17) is 4.74 Å². The molecule has 3 heterocycles. The molecule has 2 aromatic carbocycles. The molecule has 0 aliphatic heterocycles. The average molecular weight is 482 g/mol. The summed E-state index contributed by atoms with van der Waals surface area (Å²) in [6.07, 6.45) is 4.95. The molecule has 0 radical (unpaired) electrons. The number of benzene rings is 2. The first kappa shape index (κ1) is 23.2. The molecule has 0 atom stereocenters. The van der Waals surface area contributed by atoms with Gasteiger partial charge in [-0.25, -0.2) is 19.1 Å². The second kappa shape index (κ2) is 9.22. The molecule has 2 N–H and O–H groups in total. The van der Waals surface area contributed by atoms with Crippen LogP contribution >= 0.6 is 0 Å². The van der Waals surface area contributed by atoms with Crippen molar-refractivity contribution >= 4 is 45.4 Å². The third-order valence-electron chi connectivity index (χ3n) is 5.67. The van der Waals surface area contributed by atoms with Crippen molar-refractivity contribution in [2.45, 2.75) is 32.9 Å². The molecule has 0 bridgehead atoms. The second-order valence-corrected chi connectivity index (χ2v) is 9.51. The quantitative estimate of drug-likeness (QED) is 0.308. The van der Waals surface area contributed by atoms with E-state index in [1.54, 1.807) is 12.4 Å². The molecule has 0 saturated heterocycles. The third kappa shape index (κ3) is 4.79. The molecule has 0 aliphatic rings. The molecule has 36 heavy (non-hydrogen) atoms. The zero-order chi connectivity index (χ0) is 25.3. The normalized spacial score (nSPS) is 11.5. The molecule has 5 rings (SSSR count). The van der Waals surface area contributed by atoms with Gasteiger partial charge >= 0.3 is 12.1 Å². The number of para-hydroxylation sites is 1. The van der Waals surface area contributed by atoms with Crippen molar-refractivity contribution in [3.8, 4) is 0 Å². The summed E-state index contributed by atoms with van der Waals surface area (Å²) < 4.78 is 9.12. The van der Waals surface area contributed by atoms with Crippen LogP contribution in [-0.4, -0.2) is 31.8 Å². The van der Waals surface area contributed by atoms with E-state index in [9.17, 15) is 9.59 Å². The fourth-order valence-corrected chi connectivity index (χ4v) is 4.16. The summed E-state index contributed by atoms with van der Waals surface area (Å²) >= 11 is 0. The summed E-state index contributed by atoms with van der Waals surface area (Å²) in [5.74, 6) is 0. The zero-order valence-corrected chi connectivity index (χ0v) is 20.4. The number of ether oxygens (including phenoxy) is 1. The molecular formula is C28H27N5O3. The highest BCUT2D eigenvalue weighted by atomic mass is 16.6. The minimum atomic E-state index is -0.616. The lowest BCUT2D eigenvalue weighted by Crippen LogP contribution is -2.26. The number of rotatable bonds is 4. The van der Waals surface area contributed by atoms with Crippen LogP contribution in [0.25, 0.3) is 21.9 Å². The van der Waals surface area contributed by atoms with Crippen LogP contribution in [0.4, 0.5) is 21.0 Å². The number of pyridine rings is 1. The summed E-state index contributed by atoms with van der Waals surface area (Å²) in [4.78, 5) is 29.8. The number of anilines is 2. The Labute approximate surface area is 208 Å². The van der Waals surface area contributed by atoms with Crippen molar-refractivity contribution in [1.82, 2.24) is 14.1 Å². The van der Waals surface area contributed by atoms with Gasteiger partial charge in [-0.2, -0.15) is 0 Å². The Hall–Kier alpha value is -4.59. The van der Waals surface area contributed by atoms with Gasteiger partial charge in [-0.3, -0.25) is 0 Å². The van der Waals surface area contributed by atoms with Gasteiger partial charge in [0.15, 0.2) is 0 Å². The molecule has 3 aromatic heterocycles. The van der Waals surface area contributed by atoms with E-state index in [2.05, 4.69) is 20.2 Å². The van der Waals surface area contributed by atoms with Gasteiger partial charge < -0.3 is 19.9 Å². The van der Waals surface area contributed by atoms with Crippen molar-refractivity contribution in [2.24, 2.45) is 0 Å². The first-order chi connectivity index (χ1) is 17.3. The standard InChI is InChI=1S/C28H27N5O3/c1-28(2,3)36-27(35)33-18-19(21-11-8-15-29-25(21)33)17-32-16-14-22-23(12-7-13-24(22)32)31-26(34)30-20-9-5-4-6-10-20/h4-16,18H,17H2,1-3H3,(H2,30,31,34). The third-order valence-corrected chi connectivity index (χ3v) is 5.67. The molecule has 2 amide bonds. The van der Waals surface area contributed by atoms with Crippen molar-refractivity contribution in [3.63, 3.8) is 0 Å². The number of aromatic nitrogens is 3. The maximum atomic E-state index is 12.8. The lowest BCUT2D eigenvalue weighted by Gasteiger charge is -2.19. The van der Waals surface area contributed by atoms with Gasteiger partial charge in [0.2, 0.25) is 0 Å². The number of nitrogens with one attached hydrogen (secondary N) is 2. The van der Waals surface area contributed by atoms with Crippen molar-refractivity contribution < 1.29 is 14.3 Å². The molecule has 0 saturated carbocycles. The SMILES string of the molecule is CC(C)(C)OC(=O)n1cc(Cn2ccc3c(NC(=O)Nc4ccccc4)cccc32)c2cccnc21. The number of amides is 2. The van der Waals surface area contributed by atoms with Crippen LogP contribution in [0.1, 0.15) is 26.3 Å². The Balaban J connectivity index is 1.43. The summed E-state index contributed by atoms with van der Waals surface area (Å²) in [7, 11) is 0. The largest absolute Gasteiger partial charge is 0.443 e. The second-order valence-electron chi connectivity index (χ2n) is 9.51. The number of hydrogen-bond donors (Lipinski definition) is 2. The Bertz CT molecular complexity index is 1560. The van der Waals surface area contributed by atoms with E-state index >= 15 is 0 Å². The maximum Gasteiger partial charge on any atom is 0.420 e. The molecule has 0 unspecified atom stereocenters. The minimum Gasteiger partial charge on any atom is -0.443 e.